The minimum absolute atomic E-state index is 0.0571. The molecule has 0 aromatic carbocycles. The van der Waals surface area contributed by atoms with Crippen molar-refractivity contribution in [2.24, 2.45) is 11.8 Å². The number of hydrogen-bond donors (Lipinski definition) is 1. The molecule has 3 aliphatic rings. The highest BCUT2D eigenvalue weighted by molar-refractivity contribution is 5.81. The van der Waals surface area contributed by atoms with E-state index < -0.39 is 0 Å². The predicted octanol–water partition coefficient (Wildman–Crippen LogP) is 1.32. The number of hydrogen-bond acceptors (Lipinski definition) is 3. The summed E-state index contributed by atoms with van der Waals surface area (Å²) in [5, 5.41) is 3.40. The molecule has 0 aromatic rings. The first-order valence-corrected chi connectivity index (χ1v) is 8.34. The van der Waals surface area contributed by atoms with Crippen molar-refractivity contribution < 1.29 is 4.79 Å². The first kappa shape index (κ1) is 14.3. The van der Waals surface area contributed by atoms with Crippen molar-refractivity contribution in [2.45, 2.75) is 50.6 Å². The SMILES string of the molecule is CN(C)C(=O)C1CNCCN1C1CCCC(C2CC2)C1. The number of nitrogens with zero attached hydrogens (tertiary/aromatic N) is 2. The van der Waals surface area contributed by atoms with Crippen LogP contribution in [0.25, 0.3) is 0 Å². The molecule has 1 aliphatic heterocycles. The van der Waals surface area contributed by atoms with Gasteiger partial charge in [0.25, 0.3) is 0 Å². The van der Waals surface area contributed by atoms with Crippen molar-refractivity contribution >= 4 is 5.91 Å². The summed E-state index contributed by atoms with van der Waals surface area (Å²) in [6.07, 6.45) is 8.33. The van der Waals surface area contributed by atoms with E-state index in [1.807, 2.05) is 14.1 Å². The van der Waals surface area contributed by atoms with E-state index in [9.17, 15) is 4.79 Å². The van der Waals surface area contributed by atoms with Gasteiger partial charge in [-0.15, -0.1) is 0 Å². The van der Waals surface area contributed by atoms with Crippen LogP contribution in [0.1, 0.15) is 38.5 Å². The quantitative estimate of drug-likeness (QED) is 0.846. The van der Waals surface area contributed by atoms with E-state index in [4.69, 9.17) is 0 Å². The van der Waals surface area contributed by atoms with Crippen LogP contribution in [0, 0.1) is 11.8 Å². The fourth-order valence-corrected chi connectivity index (χ4v) is 4.18. The van der Waals surface area contributed by atoms with Gasteiger partial charge >= 0.3 is 0 Å². The zero-order valence-corrected chi connectivity index (χ0v) is 13.0. The molecule has 2 aliphatic carbocycles. The van der Waals surface area contributed by atoms with Crippen LogP contribution in [-0.2, 0) is 4.79 Å². The van der Waals surface area contributed by atoms with Gasteiger partial charge < -0.3 is 10.2 Å². The molecule has 3 rings (SSSR count). The first-order chi connectivity index (χ1) is 9.66. The summed E-state index contributed by atoms with van der Waals surface area (Å²) in [4.78, 5) is 16.7. The molecule has 3 fully saturated rings. The maximum Gasteiger partial charge on any atom is 0.240 e. The number of carbonyl (C=O) groups is 1. The Kier molecular flexibility index (Phi) is 4.32. The van der Waals surface area contributed by atoms with E-state index >= 15 is 0 Å². The molecule has 0 aromatic heterocycles. The average molecular weight is 279 g/mol. The fraction of sp³-hybridized carbons (Fsp3) is 0.938. The molecule has 0 bridgehead atoms. The highest BCUT2D eigenvalue weighted by Crippen LogP contribution is 2.45. The summed E-state index contributed by atoms with van der Waals surface area (Å²) in [5.41, 5.74) is 0. The lowest BCUT2D eigenvalue weighted by Crippen LogP contribution is -2.61. The van der Waals surface area contributed by atoms with Gasteiger partial charge in [-0.05, 0) is 37.5 Å². The van der Waals surface area contributed by atoms with Crippen LogP contribution in [0.15, 0.2) is 0 Å². The van der Waals surface area contributed by atoms with Gasteiger partial charge in [-0.2, -0.15) is 0 Å². The van der Waals surface area contributed by atoms with Crippen LogP contribution in [0.3, 0.4) is 0 Å². The largest absolute Gasteiger partial charge is 0.347 e. The molecule has 1 saturated heterocycles. The molecule has 3 unspecified atom stereocenters. The van der Waals surface area contributed by atoms with Crippen molar-refractivity contribution in [2.75, 3.05) is 33.7 Å². The average Bonchev–Trinajstić information content (AvgIpc) is 3.31. The van der Waals surface area contributed by atoms with Gasteiger partial charge in [-0.1, -0.05) is 12.8 Å². The maximum atomic E-state index is 12.4. The van der Waals surface area contributed by atoms with E-state index in [2.05, 4.69) is 10.2 Å². The molecule has 20 heavy (non-hydrogen) atoms. The molecule has 0 spiro atoms. The summed E-state index contributed by atoms with van der Waals surface area (Å²) >= 11 is 0. The van der Waals surface area contributed by atoms with Crippen molar-refractivity contribution in [3.63, 3.8) is 0 Å². The van der Waals surface area contributed by atoms with Gasteiger partial charge in [0.05, 0.1) is 0 Å². The molecule has 3 atom stereocenters. The van der Waals surface area contributed by atoms with E-state index in [1.165, 1.54) is 38.5 Å². The van der Waals surface area contributed by atoms with Crippen LogP contribution in [0.4, 0.5) is 0 Å². The Morgan fingerprint density at radius 2 is 1.95 bits per heavy atom. The molecular formula is C16H29N3O. The van der Waals surface area contributed by atoms with Gasteiger partial charge in [-0.25, -0.2) is 0 Å². The van der Waals surface area contributed by atoms with Gasteiger partial charge in [0, 0.05) is 39.8 Å². The number of carbonyl (C=O) groups excluding carboxylic acids is 1. The molecule has 114 valence electrons. The lowest BCUT2D eigenvalue weighted by atomic mass is 9.81. The van der Waals surface area contributed by atoms with E-state index in [1.54, 1.807) is 4.90 Å². The topological polar surface area (TPSA) is 35.6 Å². The number of likely N-dealkylation sites (N-methyl/N-ethyl adjacent to an activating group) is 1. The fourth-order valence-electron chi connectivity index (χ4n) is 4.18. The zero-order valence-electron chi connectivity index (χ0n) is 13.0. The van der Waals surface area contributed by atoms with Gasteiger partial charge in [0.15, 0.2) is 0 Å². The van der Waals surface area contributed by atoms with Gasteiger partial charge in [0.1, 0.15) is 6.04 Å². The monoisotopic (exact) mass is 279 g/mol. The Bertz CT molecular complexity index is 354. The summed E-state index contributed by atoms with van der Waals surface area (Å²) < 4.78 is 0. The third-order valence-corrected chi connectivity index (χ3v) is 5.46. The molecular weight excluding hydrogens is 250 g/mol. The summed E-state index contributed by atoms with van der Waals surface area (Å²) in [6.45, 7) is 2.88. The predicted molar refractivity (Wildman–Crippen MR) is 80.5 cm³/mol. The lowest BCUT2D eigenvalue weighted by molar-refractivity contribution is -0.136. The Hall–Kier alpha value is -0.610. The highest BCUT2D eigenvalue weighted by Gasteiger charge is 2.40. The number of rotatable bonds is 3. The second kappa shape index (κ2) is 6.02. The molecule has 1 heterocycles. The molecule has 0 radical (unpaired) electrons. The van der Waals surface area contributed by atoms with E-state index in [0.717, 1.165) is 31.5 Å². The van der Waals surface area contributed by atoms with Crippen molar-refractivity contribution in [3.8, 4) is 0 Å². The van der Waals surface area contributed by atoms with Crippen LogP contribution in [-0.4, -0.2) is 61.5 Å². The normalized spacial score (nSPS) is 35.8. The van der Waals surface area contributed by atoms with Crippen molar-refractivity contribution in [3.05, 3.63) is 0 Å². The number of piperazine rings is 1. The van der Waals surface area contributed by atoms with Crippen LogP contribution in [0.5, 0.6) is 0 Å². The Morgan fingerprint density at radius 1 is 1.15 bits per heavy atom. The lowest BCUT2D eigenvalue weighted by Gasteiger charge is -2.44. The second-order valence-electron chi connectivity index (χ2n) is 7.11. The molecule has 4 heteroatoms. The number of nitrogens with one attached hydrogen (secondary N) is 1. The number of amides is 1. The Labute approximate surface area is 122 Å². The maximum absolute atomic E-state index is 12.4. The van der Waals surface area contributed by atoms with Crippen molar-refractivity contribution in [1.82, 2.24) is 15.1 Å². The smallest absolute Gasteiger partial charge is 0.240 e. The summed E-state index contributed by atoms with van der Waals surface area (Å²) in [7, 11) is 3.76. The van der Waals surface area contributed by atoms with Gasteiger partial charge in [0.2, 0.25) is 5.91 Å². The minimum Gasteiger partial charge on any atom is -0.347 e. The molecule has 1 amide bonds. The third kappa shape index (κ3) is 3.01. The molecule has 4 nitrogen and oxygen atoms in total. The van der Waals surface area contributed by atoms with Crippen LogP contribution in [0.2, 0.25) is 0 Å². The van der Waals surface area contributed by atoms with Crippen LogP contribution >= 0.6 is 0 Å². The van der Waals surface area contributed by atoms with Crippen molar-refractivity contribution in [1.29, 1.82) is 0 Å². The van der Waals surface area contributed by atoms with E-state index in [-0.39, 0.29) is 11.9 Å². The van der Waals surface area contributed by atoms with Gasteiger partial charge in [-0.3, -0.25) is 9.69 Å². The highest BCUT2D eigenvalue weighted by atomic mass is 16.2. The second-order valence-corrected chi connectivity index (χ2v) is 7.11. The molecule has 1 N–H and O–H groups in total. The summed E-state index contributed by atoms with van der Waals surface area (Å²) in [6, 6.07) is 0.701. The standard InChI is InChI=1S/C16H29N3O/c1-18(2)16(20)15-11-17-8-9-19(15)14-5-3-4-13(10-14)12-6-7-12/h12-15,17H,3-11H2,1-2H3. The Balaban J connectivity index is 1.67. The first-order valence-electron chi connectivity index (χ1n) is 8.34. The minimum atomic E-state index is 0.0571. The Morgan fingerprint density at radius 3 is 2.65 bits per heavy atom. The summed E-state index contributed by atoms with van der Waals surface area (Å²) in [5.74, 6) is 2.23. The molecule has 2 saturated carbocycles. The van der Waals surface area contributed by atoms with Crippen LogP contribution < -0.4 is 5.32 Å². The third-order valence-electron chi connectivity index (χ3n) is 5.46. The zero-order chi connectivity index (χ0) is 14.1. The van der Waals surface area contributed by atoms with E-state index in [0.29, 0.717) is 6.04 Å².